The van der Waals surface area contributed by atoms with Crippen LogP contribution in [0.15, 0.2) is 83.3 Å². The summed E-state index contributed by atoms with van der Waals surface area (Å²) in [5.74, 6) is 0.737. The number of halogens is 1. The molecule has 1 N–H and O–H groups in total. The van der Waals surface area contributed by atoms with Crippen molar-refractivity contribution in [3.05, 3.63) is 105 Å². The molecule has 0 unspecified atom stereocenters. The second-order valence-corrected chi connectivity index (χ2v) is 7.26. The molecule has 0 saturated heterocycles. The molecule has 3 rings (SSSR count). The molecule has 0 saturated carbocycles. The van der Waals surface area contributed by atoms with Gasteiger partial charge in [-0.3, -0.25) is 10.1 Å². The van der Waals surface area contributed by atoms with Crippen LogP contribution in [0, 0.1) is 10.1 Å². The molecule has 0 radical (unpaired) electrons. The van der Waals surface area contributed by atoms with Gasteiger partial charge in [0.05, 0.1) is 7.11 Å². The normalized spacial score (nSPS) is 12.8. The lowest BCUT2D eigenvalue weighted by molar-refractivity contribution is -0.525. The highest BCUT2D eigenvalue weighted by Crippen LogP contribution is 2.29. The maximum atomic E-state index is 12.1. The first-order valence-corrected chi connectivity index (χ1v) is 9.70. The van der Waals surface area contributed by atoms with E-state index in [1.165, 1.54) is 0 Å². The minimum absolute atomic E-state index is 0.201. The summed E-state index contributed by atoms with van der Waals surface area (Å²) in [4.78, 5) is 11.9. The quantitative estimate of drug-likeness (QED) is 0.371. The third-order valence-corrected chi connectivity index (χ3v) is 5.39. The van der Waals surface area contributed by atoms with E-state index in [1.807, 2.05) is 78.9 Å². The van der Waals surface area contributed by atoms with E-state index in [4.69, 9.17) is 4.74 Å². The topological polar surface area (TPSA) is 64.4 Å². The van der Waals surface area contributed by atoms with E-state index in [1.54, 1.807) is 7.11 Å². The highest BCUT2D eigenvalue weighted by atomic mass is 79.9. The summed E-state index contributed by atoms with van der Waals surface area (Å²) in [6.07, 6.45) is 0.303. The van der Waals surface area contributed by atoms with Crippen molar-refractivity contribution < 1.29 is 9.66 Å². The Morgan fingerprint density at radius 1 is 1.00 bits per heavy atom. The van der Waals surface area contributed by atoms with E-state index in [0.29, 0.717) is 6.42 Å². The zero-order valence-corrected chi connectivity index (χ0v) is 17.0. The van der Waals surface area contributed by atoms with Gasteiger partial charge in [-0.2, -0.15) is 0 Å². The van der Waals surface area contributed by atoms with Crippen molar-refractivity contribution in [2.24, 2.45) is 0 Å². The second-order valence-electron chi connectivity index (χ2n) is 6.41. The highest BCUT2D eigenvalue weighted by Gasteiger charge is 2.33. The number of nitrogens with zero attached hydrogens (tertiary/aromatic N) is 1. The lowest BCUT2D eigenvalue weighted by atomic mass is 9.94. The number of nitro groups is 1. The molecule has 0 spiro atoms. The van der Waals surface area contributed by atoms with Crippen LogP contribution in [-0.4, -0.2) is 18.1 Å². The summed E-state index contributed by atoms with van der Waals surface area (Å²) in [6.45, 7) is 0. The summed E-state index contributed by atoms with van der Waals surface area (Å²) in [5, 5.41) is 15.4. The first kappa shape index (κ1) is 19.9. The van der Waals surface area contributed by atoms with Gasteiger partial charge in [0.1, 0.15) is 11.8 Å². The third-order valence-electron chi connectivity index (χ3n) is 4.61. The molecule has 0 aromatic heterocycles. The van der Waals surface area contributed by atoms with Crippen LogP contribution in [-0.2, 0) is 6.42 Å². The molecule has 2 atom stereocenters. The van der Waals surface area contributed by atoms with E-state index >= 15 is 0 Å². The molecule has 0 heterocycles. The second kappa shape index (κ2) is 9.37. The number of rotatable bonds is 8. The van der Waals surface area contributed by atoms with Crippen LogP contribution in [0.3, 0.4) is 0 Å². The van der Waals surface area contributed by atoms with E-state index in [0.717, 1.165) is 27.0 Å². The van der Waals surface area contributed by atoms with Crippen molar-refractivity contribution in [3.8, 4) is 5.75 Å². The number of hydrogen-bond donors (Lipinski definition) is 1. The Hall–Kier alpha value is -2.86. The largest absolute Gasteiger partial charge is 0.497 e. The smallest absolute Gasteiger partial charge is 0.241 e. The van der Waals surface area contributed by atoms with Gasteiger partial charge in [-0.1, -0.05) is 64.5 Å². The summed E-state index contributed by atoms with van der Waals surface area (Å²) in [6, 6.07) is 23.2. The van der Waals surface area contributed by atoms with E-state index in [2.05, 4.69) is 21.2 Å². The fourth-order valence-corrected chi connectivity index (χ4v) is 3.58. The van der Waals surface area contributed by atoms with Crippen LogP contribution in [0.2, 0.25) is 0 Å². The highest BCUT2D eigenvalue weighted by molar-refractivity contribution is 9.10. The number of benzene rings is 3. The van der Waals surface area contributed by atoms with Gasteiger partial charge in [0.15, 0.2) is 0 Å². The van der Waals surface area contributed by atoms with Crippen molar-refractivity contribution in [1.82, 2.24) is 0 Å². The van der Waals surface area contributed by atoms with Crippen molar-refractivity contribution in [1.29, 1.82) is 0 Å². The molecule has 144 valence electrons. The molecule has 28 heavy (non-hydrogen) atoms. The average Bonchev–Trinajstić information content (AvgIpc) is 2.72. The number of hydrogen-bond acceptors (Lipinski definition) is 4. The molecule has 0 aliphatic rings. The molecule has 0 amide bonds. The summed E-state index contributed by atoms with van der Waals surface area (Å²) < 4.78 is 6.07. The fourth-order valence-electron chi connectivity index (χ4n) is 3.13. The number of nitrogens with one attached hydrogen (secondary N) is 1. The van der Waals surface area contributed by atoms with E-state index < -0.39 is 12.1 Å². The standard InChI is InChI=1S/C22H21BrN2O3/c1-28-19-13-11-18(12-14-19)24-22(16-7-3-2-4-8-16)21(25(26)27)15-17-9-5-6-10-20(17)23/h2-14,21-22,24H,15H2,1H3/t21-,22+/m0/s1. The molecule has 0 fully saturated rings. The van der Waals surface area contributed by atoms with Crippen LogP contribution >= 0.6 is 15.9 Å². The maximum Gasteiger partial charge on any atom is 0.241 e. The lowest BCUT2D eigenvalue weighted by Gasteiger charge is -2.24. The Bertz CT molecular complexity index is 917. The number of methoxy groups -OCH3 is 1. The number of anilines is 1. The van der Waals surface area contributed by atoms with Crippen molar-refractivity contribution in [2.45, 2.75) is 18.5 Å². The number of ether oxygens (including phenoxy) is 1. The van der Waals surface area contributed by atoms with Gasteiger partial charge in [0.2, 0.25) is 6.04 Å². The minimum atomic E-state index is -0.844. The Balaban J connectivity index is 1.95. The zero-order chi connectivity index (χ0) is 19.9. The van der Waals surface area contributed by atoms with Gasteiger partial charge in [-0.15, -0.1) is 0 Å². The zero-order valence-electron chi connectivity index (χ0n) is 15.4. The maximum absolute atomic E-state index is 12.1. The Labute approximate surface area is 172 Å². The minimum Gasteiger partial charge on any atom is -0.497 e. The Morgan fingerprint density at radius 2 is 1.64 bits per heavy atom. The summed E-state index contributed by atoms with van der Waals surface area (Å²) in [7, 11) is 1.61. The molecule has 3 aromatic carbocycles. The van der Waals surface area contributed by atoms with Gasteiger partial charge in [-0.05, 0) is 41.5 Å². The third kappa shape index (κ3) is 4.89. The molecule has 5 nitrogen and oxygen atoms in total. The first-order valence-electron chi connectivity index (χ1n) is 8.91. The molecule has 3 aromatic rings. The van der Waals surface area contributed by atoms with Gasteiger partial charge in [0, 0.05) is 21.5 Å². The Morgan fingerprint density at radius 3 is 2.25 bits per heavy atom. The van der Waals surface area contributed by atoms with Crippen LogP contribution in [0.5, 0.6) is 5.75 Å². The molecular formula is C22H21BrN2O3. The molecule has 0 aliphatic heterocycles. The molecule has 6 heteroatoms. The van der Waals surface area contributed by atoms with Gasteiger partial charge in [0.25, 0.3) is 0 Å². The molecular weight excluding hydrogens is 420 g/mol. The van der Waals surface area contributed by atoms with Gasteiger partial charge < -0.3 is 10.1 Å². The Kier molecular flexibility index (Phi) is 6.66. The SMILES string of the molecule is COc1ccc(N[C@H](c2ccccc2)[C@H](Cc2ccccc2Br)[N+](=O)[O-])cc1. The summed E-state index contributed by atoms with van der Waals surface area (Å²) in [5.41, 5.74) is 2.57. The van der Waals surface area contributed by atoms with E-state index in [-0.39, 0.29) is 4.92 Å². The predicted molar refractivity (Wildman–Crippen MR) is 114 cm³/mol. The average molecular weight is 441 g/mol. The predicted octanol–water partition coefficient (Wildman–Crippen LogP) is 5.50. The van der Waals surface area contributed by atoms with Gasteiger partial charge in [-0.25, -0.2) is 0 Å². The molecule has 0 bridgehead atoms. The van der Waals surface area contributed by atoms with Crippen molar-refractivity contribution in [3.63, 3.8) is 0 Å². The fraction of sp³-hybridized carbons (Fsp3) is 0.182. The van der Waals surface area contributed by atoms with Crippen molar-refractivity contribution >= 4 is 21.6 Å². The van der Waals surface area contributed by atoms with E-state index in [9.17, 15) is 10.1 Å². The van der Waals surface area contributed by atoms with Crippen molar-refractivity contribution in [2.75, 3.05) is 12.4 Å². The molecule has 0 aliphatic carbocycles. The van der Waals surface area contributed by atoms with Crippen LogP contribution in [0.1, 0.15) is 17.2 Å². The van der Waals surface area contributed by atoms with Crippen LogP contribution < -0.4 is 10.1 Å². The van der Waals surface area contributed by atoms with Gasteiger partial charge >= 0.3 is 0 Å². The monoisotopic (exact) mass is 440 g/mol. The van der Waals surface area contributed by atoms with Crippen LogP contribution in [0.25, 0.3) is 0 Å². The van der Waals surface area contributed by atoms with Crippen LogP contribution in [0.4, 0.5) is 5.69 Å². The first-order chi connectivity index (χ1) is 13.6. The lowest BCUT2D eigenvalue weighted by Crippen LogP contribution is -2.34. The summed E-state index contributed by atoms with van der Waals surface area (Å²) >= 11 is 3.51.